The molecule has 148 valence electrons. The van der Waals surface area contributed by atoms with Crippen LogP contribution in [-0.2, 0) is 0 Å². The van der Waals surface area contributed by atoms with Gasteiger partial charge < -0.3 is 5.11 Å². The highest BCUT2D eigenvalue weighted by Gasteiger charge is 2.21. The molecule has 1 aromatic heterocycles. The van der Waals surface area contributed by atoms with Crippen LogP contribution in [0.2, 0.25) is 0 Å². The van der Waals surface area contributed by atoms with Gasteiger partial charge >= 0.3 is 0 Å². The Hall–Kier alpha value is -3.63. The van der Waals surface area contributed by atoms with Crippen molar-refractivity contribution < 1.29 is 5.11 Å². The summed E-state index contributed by atoms with van der Waals surface area (Å²) in [6.07, 6.45) is 0. The van der Waals surface area contributed by atoms with Gasteiger partial charge in [0.1, 0.15) is 11.6 Å². The van der Waals surface area contributed by atoms with Crippen LogP contribution in [0.1, 0.15) is 0 Å². The van der Waals surface area contributed by atoms with E-state index in [-0.39, 0.29) is 5.75 Å². The molecule has 4 heteroatoms. The van der Waals surface area contributed by atoms with Crippen molar-refractivity contribution in [1.82, 2.24) is 9.55 Å². The molecule has 0 saturated carbocycles. The molecular formula is C27H17BrN2O. The van der Waals surface area contributed by atoms with Crippen LogP contribution >= 0.6 is 15.9 Å². The van der Waals surface area contributed by atoms with E-state index in [2.05, 4.69) is 81.2 Å². The number of aromatic hydroxyl groups is 1. The molecule has 1 N–H and O–H groups in total. The van der Waals surface area contributed by atoms with Gasteiger partial charge in [-0.3, -0.25) is 4.57 Å². The summed E-state index contributed by atoms with van der Waals surface area (Å²) in [5, 5.41) is 15.4. The Kier molecular flexibility index (Phi) is 4.08. The number of para-hydroxylation sites is 1. The molecule has 0 saturated heterocycles. The van der Waals surface area contributed by atoms with Crippen molar-refractivity contribution in [3.63, 3.8) is 0 Å². The zero-order chi connectivity index (χ0) is 20.9. The van der Waals surface area contributed by atoms with Crippen LogP contribution in [0.3, 0.4) is 0 Å². The lowest BCUT2D eigenvalue weighted by Gasteiger charge is -2.13. The Morgan fingerprint density at radius 3 is 2.00 bits per heavy atom. The third-order valence-electron chi connectivity index (χ3n) is 5.75. The predicted molar refractivity (Wildman–Crippen MR) is 131 cm³/mol. The van der Waals surface area contributed by atoms with E-state index < -0.39 is 0 Å². The van der Waals surface area contributed by atoms with Crippen molar-refractivity contribution in [2.24, 2.45) is 0 Å². The molecule has 0 spiro atoms. The number of phenolic OH excluding ortho intramolecular Hbond substituents is 1. The summed E-state index contributed by atoms with van der Waals surface area (Å²) < 4.78 is 2.99. The van der Waals surface area contributed by atoms with Crippen molar-refractivity contribution in [3.05, 3.63) is 102 Å². The van der Waals surface area contributed by atoms with E-state index in [4.69, 9.17) is 4.98 Å². The summed E-state index contributed by atoms with van der Waals surface area (Å²) in [7, 11) is 0. The monoisotopic (exact) mass is 464 g/mol. The second kappa shape index (κ2) is 6.96. The van der Waals surface area contributed by atoms with Gasteiger partial charge in [-0.05, 0) is 41.1 Å². The Bertz CT molecular complexity index is 1600. The van der Waals surface area contributed by atoms with Crippen LogP contribution < -0.4 is 0 Å². The van der Waals surface area contributed by atoms with Gasteiger partial charge in [0.2, 0.25) is 0 Å². The molecule has 0 aliphatic heterocycles. The fraction of sp³-hybridized carbons (Fsp3) is 0. The first-order chi connectivity index (χ1) is 15.2. The Morgan fingerprint density at radius 2 is 1.29 bits per heavy atom. The third-order valence-corrected chi connectivity index (χ3v) is 6.24. The van der Waals surface area contributed by atoms with Crippen LogP contribution in [0.15, 0.2) is 102 Å². The number of hydrogen-bond donors (Lipinski definition) is 1. The van der Waals surface area contributed by atoms with Gasteiger partial charge in [-0.2, -0.15) is 0 Å². The molecule has 0 atom stereocenters. The van der Waals surface area contributed by atoms with Crippen molar-refractivity contribution in [1.29, 1.82) is 0 Å². The van der Waals surface area contributed by atoms with E-state index in [0.29, 0.717) is 11.4 Å². The van der Waals surface area contributed by atoms with E-state index in [1.165, 1.54) is 10.8 Å². The normalized spacial score (nSPS) is 11.5. The molecule has 1 heterocycles. The maximum Gasteiger partial charge on any atom is 0.149 e. The van der Waals surface area contributed by atoms with Crippen molar-refractivity contribution in [2.75, 3.05) is 0 Å². The highest BCUT2D eigenvalue weighted by molar-refractivity contribution is 9.10. The number of benzene rings is 5. The highest BCUT2D eigenvalue weighted by Crippen LogP contribution is 2.41. The minimum atomic E-state index is 0.190. The lowest BCUT2D eigenvalue weighted by molar-refractivity contribution is 0.476. The van der Waals surface area contributed by atoms with E-state index in [1.807, 2.05) is 30.3 Å². The molecule has 31 heavy (non-hydrogen) atoms. The standard InChI is InChI=1S/C27H17BrN2O/c28-17-14-15-23(24(31)16-17)27-29-25-21-12-6-4-10-19(21)20-11-5-7-13-22(20)26(25)30(27)18-8-2-1-3-9-18/h1-16,31H. The zero-order valence-corrected chi connectivity index (χ0v) is 18.0. The predicted octanol–water partition coefficient (Wildman–Crippen LogP) is 7.47. The van der Waals surface area contributed by atoms with E-state index in [9.17, 15) is 5.11 Å². The Labute approximate surface area is 187 Å². The second-order valence-corrected chi connectivity index (χ2v) is 8.47. The summed E-state index contributed by atoms with van der Waals surface area (Å²) in [5.74, 6) is 0.906. The van der Waals surface area contributed by atoms with Crippen LogP contribution in [0.5, 0.6) is 5.75 Å². The molecule has 0 aliphatic carbocycles. The second-order valence-electron chi connectivity index (χ2n) is 7.56. The SMILES string of the molecule is Oc1cc(Br)ccc1-c1nc2c3ccccc3c3ccccc3c2n1-c1ccccc1. The number of halogens is 1. The van der Waals surface area contributed by atoms with Crippen LogP contribution in [0.4, 0.5) is 0 Å². The van der Waals surface area contributed by atoms with Crippen molar-refractivity contribution in [2.45, 2.75) is 0 Å². The summed E-state index contributed by atoms with van der Waals surface area (Å²) in [4.78, 5) is 5.12. The average Bonchev–Trinajstić information content (AvgIpc) is 3.20. The van der Waals surface area contributed by atoms with Gasteiger partial charge in [0.15, 0.2) is 0 Å². The fourth-order valence-electron chi connectivity index (χ4n) is 4.41. The quantitative estimate of drug-likeness (QED) is 0.270. The first kappa shape index (κ1) is 18.2. The number of imidazole rings is 1. The number of hydrogen-bond acceptors (Lipinski definition) is 2. The molecular weight excluding hydrogens is 448 g/mol. The average molecular weight is 465 g/mol. The molecule has 5 aromatic carbocycles. The molecule has 0 amide bonds. The summed E-state index contributed by atoms with van der Waals surface area (Å²) in [6.45, 7) is 0. The largest absolute Gasteiger partial charge is 0.507 e. The molecule has 0 fully saturated rings. The zero-order valence-electron chi connectivity index (χ0n) is 16.5. The third kappa shape index (κ3) is 2.76. The molecule has 0 aliphatic rings. The fourth-order valence-corrected chi connectivity index (χ4v) is 4.76. The first-order valence-electron chi connectivity index (χ1n) is 10.1. The van der Waals surface area contributed by atoms with E-state index in [1.54, 1.807) is 6.07 Å². The van der Waals surface area contributed by atoms with E-state index >= 15 is 0 Å². The van der Waals surface area contributed by atoms with Crippen LogP contribution in [-0.4, -0.2) is 14.7 Å². The van der Waals surface area contributed by atoms with Crippen molar-refractivity contribution >= 4 is 48.5 Å². The lowest BCUT2D eigenvalue weighted by Crippen LogP contribution is -1.98. The Morgan fingerprint density at radius 1 is 0.677 bits per heavy atom. The van der Waals surface area contributed by atoms with Gasteiger partial charge in [0, 0.05) is 20.9 Å². The summed E-state index contributed by atoms with van der Waals surface area (Å²) in [5.41, 5.74) is 3.66. The molecule has 0 radical (unpaired) electrons. The first-order valence-corrected chi connectivity index (χ1v) is 10.9. The van der Waals surface area contributed by atoms with Crippen LogP contribution in [0, 0.1) is 0 Å². The highest BCUT2D eigenvalue weighted by atomic mass is 79.9. The molecule has 6 rings (SSSR count). The van der Waals surface area contributed by atoms with Gasteiger partial charge in [-0.25, -0.2) is 4.98 Å². The number of fused-ring (bicyclic) bond motifs is 6. The lowest BCUT2D eigenvalue weighted by atomic mass is 10.00. The van der Waals surface area contributed by atoms with Gasteiger partial charge in [0.25, 0.3) is 0 Å². The number of aromatic nitrogens is 2. The van der Waals surface area contributed by atoms with Crippen molar-refractivity contribution in [3.8, 4) is 22.8 Å². The molecule has 6 aromatic rings. The summed E-state index contributed by atoms with van der Waals surface area (Å²) in [6, 6.07) is 32.6. The topological polar surface area (TPSA) is 38.1 Å². The minimum Gasteiger partial charge on any atom is -0.507 e. The van der Waals surface area contributed by atoms with Gasteiger partial charge in [-0.15, -0.1) is 0 Å². The van der Waals surface area contributed by atoms with Crippen LogP contribution in [0.25, 0.3) is 49.7 Å². The molecule has 0 bridgehead atoms. The van der Waals surface area contributed by atoms with E-state index in [0.717, 1.165) is 32.0 Å². The number of nitrogens with zero attached hydrogens (tertiary/aromatic N) is 2. The summed E-state index contributed by atoms with van der Waals surface area (Å²) >= 11 is 3.44. The number of phenols is 1. The maximum absolute atomic E-state index is 10.8. The molecule has 0 unspecified atom stereocenters. The minimum absolute atomic E-state index is 0.190. The maximum atomic E-state index is 10.8. The Balaban J connectivity index is 1.88. The number of rotatable bonds is 2. The van der Waals surface area contributed by atoms with Gasteiger partial charge in [0.05, 0.1) is 16.6 Å². The van der Waals surface area contributed by atoms with Gasteiger partial charge in [-0.1, -0.05) is 82.7 Å². The smallest absolute Gasteiger partial charge is 0.149 e. The molecule has 3 nitrogen and oxygen atoms in total.